The maximum absolute atomic E-state index is 12.6. The molecular weight excluding hydrogens is 378 g/mol. The van der Waals surface area contributed by atoms with E-state index >= 15 is 0 Å². The van der Waals surface area contributed by atoms with E-state index < -0.39 is 5.60 Å². The van der Waals surface area contributed by atoms with Crippen molar-refractivity contribution in [2.24, 2.45) is 5.92 Å². The Labute approximate surface area is 176 Å². The second-order valence-electron chi connectivity index (χ2n) is 8.75. The molecule has 0 saturated heterocycles. The number of rotatable bonds is 5. The molecule has 0 radical (unpaired) electrons. The predicted molar refractivity (Wildman–Crippen MR) is 116 cm³/mol. The van der Waals surface area contributed by atoms with Crippen LogP contribution in [0, 0.1) is 5.92 Å². The van der Waals surface area contributed by atoms with Crippen molar-refractivity contribution in [3.05, 3.63) is 48.2 Å². The molecule has 2 N–H and O–H groups in total. The first kappa shape index (κ1) is 20.5. The zero-order valence-electron chi connectivity index (χ0n) is 17.8. The quantitative estimate of drug-likeness (QED) is 0.652. The van der Waals surface area contributed by atoms with Crippen molar-refractivity contribution >= 4 is 22.5 Å². The van der Waals surface area contributed by atoms with Gasteiger partial charge in [-0.05, 0) is 57.6 Å². The van der Waals surface area contributed by atoms with Crippen LogP contribution < -0.4 is 5.32 Å². The molecule has 0 spiro atoms. The molecule has 7 heteroatoms. The van der Waals surface area contributed by atoms with Crippen molar-refractivity contribution in [2.45, 2.75) is 64.5 Å². The van der Waals surface area contributed by atoms with Gasteiger partial charge in [-0.15, -0.1) is 0 Å². The Balaban J connectivity index is 1.66. The van der Waals surface area contributed by atoms with Gasteiger partial charge in [-0.25, -0.2) is 4.98 Å². The van der Waals surface area contributed by atoms with E-state index in [1.54, 1.807) is 13.8 Å². The van der Waals surface area contributed by atoms with E-state index in [-0.39, 0.29) is 11.6 Å². The second-order valence-corrected chi connectivity index (χ2v) is 8.75. The molecule has 1 amide bonds. The lowest BCUT2D eigenvalue weighted by Crippen LogP contribution is -2.21. The number of hydrogen-bond acceptors (Lipinski definition) is 5. The fraction of sp³-hybridized carbons (Fsp3) is 0.478. The smallest absolute Gasteiger partial charge is 0.275 e. The summed E-state index contributed by atoms with van der Waals surface area (Å²) in [5.41, 5.74) is 1.08. The first-order valence-electron chi connectivity index (χ1n) is 10.7. The summed E-state index contributed by atoms with van der Waals surface area (Å²) in [7, 11) is 0. The lowest BCUT2D eigenvalue weighted by Gasteiger charge is -2.27. The van der Waals surface area contributed by atoms with Gasteiger partial charge in [0.15, 0.2) is 0 Å². The van der Waals surface area contributed by atoms with Crippen LogP contribution in [-0.4, -0.2) is 30.8 Å². The Morgan fingerprint density at radius 3 is 2.63 bits per heavy atom. The van der Waals surface area contributed by atoms with Gasteiger partial charge in [0, 0.05) is 35.2 Å². The van der Waals surface area contributed by atoms with Crippen molar-refractivity contribution in [2.75, 3.05) is 5.32 Å². The van der Waals surface area contributed by atoms with Gasteiger partial charge in [0.05, 0.1) is 23.4 Å². The lowest BCUT2D eigenvalue weighted by molar-refractivity contribution is 0.0793. The van der Waals surface area contributed by atoms with Gasteiger partial charge in [-0.2, -0.15) is 5.10 Å². The minimum absolute atomic E-state index is 0.225. The summed E-state index contributed by atoms with van der Waals surface area (Å²) >= 11 is 0. The minimum Gasteiger partial charge on any atom is -0.386 e. The summed E-state index contributed by atoms with van der Waals surface area (Å²) < 4.78 is 2.07. The number of fused-ring (bicyclic) bond motifs is 1. The molecule has 2 aromatic heterocycles. The van der Waals surface area contributed by atoms with Crippen molar-refractivity contribution in [1.82, 2.24) is 19.7 Å². The second kappa shape index (κ2) is 8.14. The Morgan fingerprint density at radius 2 is 2.00 bits per heavy atom. The number of nitrogens with one attached hydrogen (secondary N) is 1. The fourth-order valence-electron chi connectivity index (χ4n) is 4.31. The first-order valence-corrected chi connectivity index (χ1v) is 10.7. The number of carbonyl (C=O) groups excluding carboxylic acids is 1. The molecule has 158 valence electrons. The molecule has 0 bridgehead atoms. The van der Waals surface area contributed by atoms with Gasteiger partial charge < -0.3 is 10.4 Å². The molecular formula is C23H29N5O2. The van der Waals surface area contributed by atoms with Crippen LogP contribution in [-0.2, 0) is 5.60 Å². The summed E-state index contributed by atoms with van der Waals surface area (Å²) in [6.45, 7) is 5.67. The maximum Gasteiger partial charge on any atom is 0.275 e. The van der Waals surface area contributed by atoms with Gasteiger partial charge in [0.1, 0.15) is 5.69 Å². The number of aromatic nitrogens is 4. The third-order valence-electron chi connectivity index (χ3n) is 6.13. The van der Waals surface area contributed by atoms with Gasteiger partial charge >= 0.3 is 0 Å². The normalized spacial score (nSPS) is 19.7. The van der Waals surface area contributed by atoms with E-state index in [4.69, 9.17) is 5.10 Å². The minimum atomic E-state index is -1.14. The highest BCUT2D eigenvalue weighted by Gasteiger charge is 2.25. The Hall–Kier alpha value is -2.80. The van der Waals surface area contributed by atoms with E-state index in [1.807, 2.05) is 12.1 Å². The van der Waals surface area contributed by atoms with Gasteiger partial charge in [-0.1, -0.05) is 13.3 Å². The van der Waals surface area contributed by atoms with E-state index in [1.165, 1.54) is 37.9 Å². The Kier molecular flexibility index (Phi) is 5.56. The van der Waals surface area contributed by atoms with Crippen molar-refractivity contribution in [3.63, 3.8) is 0 Å². The standard InChI is InChI=1S/C23H29N5O2/c1-4-15-5-7-17(8-6-15)28-14-16-11-20(18(23(2,3)30)12-19(16)27-28)26-22(29)21-13-24-9-10-25-21/h9-15,17,30H,4-8H2,1-3H3,(H,26,29)/t15-,17-. The Bertz CT molecular complexity index is 1030. The molecule has 1 aliphatic rings. The van der Waals surface area contributed by atoms with Crippen LogP contribution in [0.1, 0.15) is 75.0 Å². The van der Waals surface area contributed by atoms with Crippen LogP contribution in [0.2, 0.25) is 0 Å². The van der Waals surface area contributed by atoms with Crippen molar-refractivity contribution in [3.8, 4) is 0 Å². The summed E-state index contributed by atoms with van der Waals surface area (Å²) in [6.07, 6.45) is 12.5. The molecule has 1 fully saturated rings. The average molecular weight is 408 g/mol. The number of amides is 1. The highest BCUT2D eigenvalue weighted by atomic mass is 16.3. The fourth-order valence-corrected chi connectivity index (χ4v) is 4.31. The van der Waals surface area contributed by atoms with Gasteiger partial charge in [0.25, 0.3) is 5.91 Å². The third-order valence-corrected chi connectivity index (χ3v) is 6.13. The average Bonchev–Trinajstić information content (AvgIpc) is 3.16. The first-order chi connectivity index (χ1) is 14.3. The topological polar surface area (TPSA) is 92.9 Å². The van der Waals surface area contributed by atoms with Gasteiger partial charge in [-0.3, -0.25) is 14.5 Å². The number of nitrogens with zero attached hydrogens (tertiary/aromatic N) is 4. The zero-order chi connectivity index (χ0) is 21.3. The maximum atomic E-state index is 12.6. The molecule has 1 saturated carbocycles. The van der Waals surface area contributed by atoms with Crippen molar-refractivity contribution < 1.29 is 9.90 Å². The molecule has 0 aliphatic heterocycles. The summed E-state index contributed by atoms with van der Waals surface area (Å²) in [6, 6.07) is 4.16. The monoisotopic (exact) mass is 407 g/mol. The molecule has 3 aromatic rings. The van der Waals surface area contributed by atoms with Crippen LogP contribution in [0.15, 0.2) is 36.9 Å². The number of carbonyl (C=O) groups is 1. The molecule has 30 heavy (non-hydrogen) atoms. The van der Waals surface area contributed by atoms with Crippen LogP contribution >= 0.6 is 0 Å². The Morgan fingerprint density at radius 1 is 1.23 bits per heavy atom. The summed E-state index contributed by atoms with van der Waals surface area (Å²) in [5.74, 6) is 0.467. The molecule has 7 nitrogen and oxygen atoms in total. The highest BCUT2D eigenvalue weighted by molar-refractivity contribution is 6.04. The van der Waals surface area contributed by atoms with E-state index in [0.717, 1.165) is 29.7 Å². The third kappa shape index (κ3) is 4.21. The lowest BCUT2D eigenvalue weighted by atomic mass is 9.85. The molecule has 2 heterocycles. The summed E-state index contributed by atoms with van der Waals surface area (Å²) in [5, 5.41) is 19.4. The predicted octanol–water partition coefficient (Wildman–Crippen LogP) is 4.45. The molecule has 0 unspecified atom stereocenters. The van der Waals surface area contributed by atoms with E-state index in [0.29, 0.717) is 17.3 Å². The van der Waals surface area contributed by atoms with Crippen molar-refractivity contribution in [1.29, 1.82) is 0 Å². The molecule has 0 atom stereocenters. The van der Waals surface area contributed by atoms with E-state index in [2.05, 4.69) is 33.1 Å². The van der Waals surface area contributed by atoms with Crippen LogP contribution in [0.25, 0.3) is 10.9 Å². The number of anilines is 1. The van der Waals surface area contributed by atoms with Crippen LogP contribution in [0.4, 0.5) is 5.69 Å². The number of benzene rings is 1. The van der Waals surface area contributed by atoms with E-state index in [9.17, 15) is 9.90 Å². The largest absolute Gasteiger partial charge is 0.386 e. The SMILES string of the molecule is CC[C@H]1CC[C@H](n2cc3cc(NC(=O)c4cnccn4)c(C(C)(C)O)cc3n2)CC1. The van der Waals surface area contributed by atoms with Gasteiger partial charge in [0.2, 0.25) is 0 Å². The summed E-state index contributed by atoms with van der Waals surface area (Å²) in [4.78, 5) is 20.6. The van der Waals surface area contributed by atoms with Crippen LogP contribution in [0.5, 0.6) is 0 Å². The molecule has 1 aliphatic carbocycles. The van der Waals surface area contributed by atoms with Crippen LogP contribution in [0.3, 0.4) is 0 Å². The number of hydrogen-bond donors (Lipinski definition) is 2. The molecule has 4 rings (SSSR count). The number of aliphatic hydroxyl groups is 1. The zero-order valence-corrected chi connectivity index (χ0v) is 17.8. The highest BCUT2D eigenvalue weighted by Crippen LogP contribution is 2.36. The molecule has 1 aromatic carbocycles.